The van der Waals surface area contributed by atoms with Crippen molar-refractivity contribution in [3.8, 4) is 0 Å². The summed E-state index contributed by atoms with van der Waals surface area (Å²) in [6, 6.07) is 0. The zero-order valence-electron chi connectivity index (χ0n) is 4.34. The van der Waals surface area contributed by atoms with Gasteiger partial charge in [-0.15, -0.1) is 0 Å². The largest absolute Gasteiger partial charge is 0.367 e. The van der Waals surface area contributed by atoms with Crippen LogP contribution in [0.4, 0.5) is 11.7 Å². The van der Waals surface area contributed by atoms with E-state index in [1.807, 2.05) is 0 Å². The van der Waals surface area contributed by atoms with Gasteiger partial charge in [-0.25, -0.2) is 0 Å². The van der Waals surface area contributed by atoms with Crippen LogP contribution in [0.25, 0.3) is 0 Å². The fraction of sp³-hybridized carbons (Fsp3) is 0.500. The van der Waals surface area contributed by atoms with Crippen LogP contribution in [0.3, 0.4) is 0 Å². The second-order valence-corrected chi connectivity index (χ2v) is 4.23. The lowest BCUT2D eigenvalue weighted by Gasteiger charge is -2.13. The summed E-state index contributed by atoms with van der Waals surface area (Å²) in [5.74, 6) is -1.39. The first-order valence-electron chi connectivity index (χ1n) is 1.82. The number of carbonyl (C=O) groups is 1. The van der Waals surface area contributed by atoms with Crippen LogP contribution in [0, 0.1) is 0 Å². The third kappa shape index (κ3) is 1.89. The average Bonchev–Trinajstić information content (AvgIpc) is 1.92. The Balaban J connectivity index is 4.31. The minimum atomic E-state index is -2.49. The van der Waals surface area contributed by atoms with E-state index in [2.05, 4.69) is 5.73 Å². The van der Waals surface area contributed by atoms with Crippen molar-refractivity contribution in [3.05, 3.63) is 0 Å². The topological polar surface area (TPSA) is 43.1 Å². The molecule has 0 bridgehead atoms. The Kier molecular flexibility index (Phi) is 4.37. The maximum atomic E-state index is 11.7. The number of nitrogens with two attached hydrogens (primary N) is 1. The molecule has 60 valence electrons. The number of hydrogen-bond donors (Lipinski definition) is 1. The van der Waals surface area contributed by atoms with E-state index in [1.165, 1.54) is 0 Å². The van der Waals surface area contributed by atoms with Crippen molar-refractivity contribution in [2.75, 3.05) is 0 Å². The second-order valence-electron chi connectivity index (χ2n) is 1.15. The van der Waals surface area contributed by atoms with Gasteiger partial charge in [-0.05, 0) is 0 Å². The highest BCUT2D eigenvalue weighted by Crippen LogP contribution is 2.48. The summed E-state index contributed by atoms with van der Waals surface area (Å²) in [6.45, 7) is 0. The van der Waals surface area contributed by atoms with E-state index in [0.29, 0.717) is 0 Å². The Bertz CT molecular complexity index is 121. The fourth-order valence-corrected chi connectivity index (χ4v) is 0.664. The number of halogens is 3. The molecule has 0 rings (SSSR count). The molecule has 0 saturated heterocycles. The molecule has 0 saturated carbocycles. The highest BCUT2D eigenvalue weighted by molar-refractivity contribution is 8.30. The molecule has 1 amide bonds. The van der Waals surface area contributed by atoms with Crippen molar-refractivity contribution >= 4 is 42.4 Å². The molecule has 0 spiro atoms. The van der Waals surface area contributed by atoms with E-state index in [4.69, 9.17) is 0 Å². The molecule has 0 heterocycles. The summed E-state index contributed by atoms with van der Waals surface area (Å²) in [5, 5.41) is 0. The van der Waals surface area contributed by atoms with E-state index in [0.717, 1.165) is 0 Å². The Labute approximate surface area is 68.4 Å². The number of hydrogen-bond acceptors (Lipinski definition) is 4. The normalized spacial score (nSPS) is 11.5. The first kappa shape index (κ1) is 10.3. The number of amides is 1. The molecule has 0 aliphatic carbocycles. The fourth-order valence-electron chi connectivity index (χ4n) is 0.150. The standard InChI is InChI=1S/C2H2F3NOS3/c3-8-2(9-4,10-5)1(6)7/h(H2,6,7). The third-order valence-electron chi connectivity index (χ3n) is 0.606. The SMILES string of the molecule is NC(=O)C(SF)(SF)SF. The van der Waals surface area contributed by atoms with Gasteiger partial charge in [0.15, 0.2) is 0 Å². The molecule has 0 atom stereocenters. The molecule has 2 N–H and O–H groups in total. The Morgan fingerprint density at radius 1 is 1.20 bits per heavy atom. The molecule has 0 unspecified atom stereocenters. The summed E-state index contributed by atoms with van der Waals surface area (Å²) < 4.78 is 32.5. The maximum Gasteiger partial charge on any atom is 0.276 e. The Morgan fingerprint density at radius 3 is 1.50 bits per heavy atom. The molecule has 0 aromatic carbocycles. The van der Waals surface area contributed by atoms with E-state index in [-0.39, 0.29) is 0 Å². The van der Waals surface area contributed by atoms with E-state index in [1.54, 1.807) is 0 Å². The quantitative estimate of drug-likeness (QED) is 0.719. The number of primary amides is 1. The molecule has 0 aliphatic rings. The van der Waals surface area contributed by atoms with Crippen LogP contribution in [-0.4, -0.2) is 9.32 Å². The molecule has 0 aromatic heterocycles. The van der Waals surface area contributed by atoms with Crippen LogP contribution >= 0.6 is 36.4 Å². The van der Waals surface area contributed by atoms with Crippen LogP contribution in [0.5, 0.6) is 0 Å². The molecule has 8 heteroatoms. The summed E-state index contributed by atoms with van der Waals surface area (Å²) in [5.41, 5.74) is 4.48. The lowest BCUT2D eigenvalue weighted by Crippen LogP contribution is -2.32. The predicted molar refractivity (Wildman–Crippen MR) is 38.0 cm³/mol. The highest BCUT2D eigenvalue weighted by atomic mass is 32.3. The van der Waals surface area contributed by atoms with Gasteiger partial charge in [0.1, 0.15) is 0 Å². The molecule has 0 aromatic rings. The summed E-state index contributed by atoms with van der Waals surface area (Å²) in [7, 11) is 0. The van der Waals surface area contributed by atoms with Crippen LogP contribution in [0.2, 0.25) is 0 Å². The Hall–Kier alpha value is 0.310. The van der Waals surface area contributed by atoms with Gasteiger partial charge in [0.25, 0.3) is 9.32 Å². The highest BCUT2D eigenvalue weighted by Gasteiger charge is 2.43. The first-order chi connectivity index (χ1) is 4.63. The molecule has 0 aliphatic heterocycles. The lowest BCUT2D eigenvalue weighted by molar-refractivity contribution is -0.116. The monoisotopic (exact) mass is 209 g/mol. The Morgan fingerprint density at radius 2 is 1.50 bits per heavy atom. The van der Waals surface area contributed by atoms with Crippen molar-refractivity contribution in [2.45, 2.75) is 3.41 Å². The van der Waals surface area contributed by atoms with Crippen molar-refractivity contribution in [1.29, 1.82) is 0 Å². The van der Waals surface area contributed by atoms with Crippen LogP contribution in [-0.2, 0) is 4.79 Å². The maximum absolute atomic E-state index is 11.7. The lowest BCUT2D eigenvalue weighted by atomic mass is 10.7. The van der Waals surface area contributed by atoms with Crippen molar-refractivity contribution in [1.82, 2.24) is 0 Å². The predicted octanol–water partition coefficient (Wildman–Crippen LogP) is 1.98. The summed E-state index contributed by atoms with van der Waals surface area (Å²) in [4.78, 5) is 10.2. The smallest absolute Gasteiger partial charge is 0.276 e. The number of rotatable bonds is 4. The van der Waals surface area contributed by atoms with Gasteiger partial charge in [0, 0.05) is 0 Å². The van der Waals surface area contributed by atoms with Crippen molar-refractivity contribution < 1.29 is 16.5 Å². The van der Waals surface area contributed by atoms with Crippen molar-refractivity contribution in [2.24, 2.45) is 5.73 Å². The van der Waals surface area contributed by atoms with Crippen LogP contribution in [0.15, 0.2) is 0 Å². The van der Waals surface area contributed by atoms with Gasteiger partial charge in [-0.2, -0.15) is 11.7 Å². The van der Waals surface area contributed by atoms with Gasteiger partial charge < -0.3 is 5.73 Å². The summed E-state index contributed by atoms with van der Waals surface area (Å²) in [6.07, 6.45) is 0. The molecule has 0 radical (unpaired) electrons. The minimum absolute atomic E-state index is 0.773. The zero-order chi connectivity index (χ0) is 8.20. The molecular formula is C2H2F3NOS3. The van der Waals surface area contributed by atoms with Crippen molar-refractivity contribution in [3.63, 3.8) is 0 Å². The van der Waals surface area contributed by atoms with E-state index >= 15 is 0 Å². The first-order valence-corrected chi connectivity index (χ1v) is 3.97. The molecule has 0 fully saturated rings. The molecule has 2 nitrogen and oxygen atoms in total. The van der Waals surface area contributed by atoms with Gasteiger partial charge in [0.05, 0.1) is 36.4 Å². The van der Waals surface area contributed by atoms with E-state index in [9.17, 15) is 16.5 Å². The number of carbonyl (C=O) groups excluding carboxylic acids is 1. The van der Waals surface area contributed by atoms with Gasteiger partial charge >= 0.3 is 0 Å². The van der Waals surface area contributed by atoms with Gasteiger partial charge in [-0.3, -0.25) is 4.79 Å². The average molecular weight is 209 g/mol. The van der Waals surface area contributed by atoms with Gasteiger partial charge in [-0.1, -0.05) is 0 Å². The second kappa shape index (κ2) is 4.24. The van der Waals surface area contributed by atoms with E-state index < -0.39 is 45.8 Å². The zero-order valence-corrected chi connectivity index (χ0v) is 6.79. The van der Waals surface area contributed by atoms with Crippen LogP contribution < -0.4 is 5.73 Å². The van der Waals surface area contributed by atoms with Crippen LogP contribution in [0.1, 0.15) is 0 Å². The van der Waals surface area contributed by atoms with Gasteiger partial charge in [0.2, 0.25) is 0 Å². The molecular weight excluding hydrogens is 207 g/mol. The third-order valence-corrected chi connectivity index (χ3v) is 2.95. The molecule has 10 heavy (non-hydrogen) atoms. The minimum Gasteiger partial charge on any atom is -0.367 e. The summed E-state index contributed by atoms with van der Waals surface area (Å²) >= 11 is -2.32.